The van der Waals surface area contributed by atoms with Crippen LogP contribution >= 0.6 is 0 Å². The highest BCUT2D eigenvalue weighted by atomic mass is 16.6. The molecule has 0 aliphatic heterocycles. The van der Waals surface area contributed by atoms with Crippen LogP contribution in [0.25, 0.3) is 0 Å². The van der Waals surface area contributed by atoms with Gasteiger partial charge in [-0.15, -0.1) is 0 Å². The standard InChI is InChI=1S/C29H44O9.C28H51NO5.C27H48O7.C18H30O4/c1-11-22(30)35-17-28(15-26(5,6)7,18-36-23(31)12-2)16-34-19-29(27(8,9)10,20-37-24(32)13-3)21-38-25(33)14-4;1-9-24(30)15-11-12-18-32-21-28(27(6,7)8,22-33-19-13-16-26(3,4)5)23-34-20-14-17-29-25(31)10-2;1-9-23(28)33-18-12-16-31-21-27(26(6,7)8,20-30-15-11-14-25(3,4)5)22-32-17-13-19-34-24(29)10-2;1-9-14(19)21-12-18(17(6,7)8,11-16(3,4)5)13-22-15(20)10-2/h11-14H,1-4,15-21H2,5-10H3;9-10H,1-2,11-23H2,3-8H3,(H,29,31);9-10H,1-2,11-22H2,3-8H3;9-10H,1-2,11-13H2,3-8H3. The maximum atomic E-state index is 11.9. The van der Waals surface area contributed by atoms with E-state index in [0.717, 1.165) is 100.0 Å². The maximum Gasteiger partial charge on any atom is 0.330 e. The first-order chi connectivity index (χ1) is 59.1. The van der Waals surface area contributed by atoms with E-state index in [1.807, 2.05) is 41.5 Å². The second-order valence-electron chi connectivity index (χ2n) is 41.5. The number of nitrogens with one attached hydrogen (secondary N) is 1. The Labute approximate surface area is 772 Å². The van der Waals surface area contributed by atoms with E-state index < -0.39 is 69.4 Å². The summed E-state index contributed by atoms with van der Waals surface area (Å²) in [6, 6.07) is 0. The molecule has 0 heterocycles. The van der Waals surface area contributed by atoms with E-state index in [2.05, 4.69) is 196 Å². The molecule has 0 radical (unpaired) electrons. The Morgan fingerprint density at radius 1 is 0.234 bits per heavy atom. The average Bonchev–Trinajstić information content (AvgIpc) is 0.777. The molecule has 1 N–H and O–H groups in total. The van der Waals surface area contributed by atoms with Gasteiger partial charge in [0.05, 0.1) is 76.9 Å². The van der Waals surface area contributed by atoms with Crippen LogP contribution in [0, 0.1) is 70.4 Å². The van der Waals surface area contributed by atoms with Crippen molar-refractivity contribution in [1.82, 2.24) is 5.32 Å². The molecule has 1 amide bonds. The van der Waals surface area contributed by atoms with Gasteiger partial charge in [-0.2, -0.15) is 0 Å². The van der Waals surface area contributed by atoms with Gasteiger partial charge in [0.25, 0.3) is 0 Å². The third kappa shape index (κ3) is 60.1. The molecule has 0 bridgehead atoms. The number of allylic oxidation sites excluding steroid dienone is 1. The first kappa shape index (κ1) is 126. The molecule has 0 fully saturated rings. The lowest BCUT2D eigenvalue weighted by molar-refractivity contribution is -0.170. The van der Waals surface area contributed by atoms with Gasteiger partial charge >= 0.3 is 47.8 Å². The van der Waals surface area contributed by atoms with Crippen LogP contribution in [-0.4, -0.2) is 211 Å². The monoisotopic (exact) mass is 1810 g/mol. The highest BCUT2D eigenvalue weighted by Gasteiger charge is 2.50. The quantitative estimate of drug-likeness (QED) is 0.0256. The lowest BCUT2D eigenvalue weighted by atomic mass is 9.61. The summed E-state index contributed by atoms with van der Waals surface area (Å²) in [6.45, 7) is 92.4. The molecule has 0 saturated carbocycles. The fourth-order valence-electron chi connectivity index (χ4n) is 12.5. The minimum Gasteiger partial charge on any atom is -0.462 e. The van der Waals surface area contributed by atoms with E-state index in [4.69, 9.17) is 71.1 Å². The fourth-order valence-corrected chi connectivity index (χ4v) is 12.5. The van der Waals surface area contributed by atoms with Crippen LogP contribution in [0.1, 0.15) is 243 Å². The summed E-state index contributed by atoms with van der Waals surface area (Å²) >= 11 is 0. The number of esters is 8. The third-order valence-corrected chi connectivity index (χ3v) is 21.5. The van der Waals surface area contributed by atoms with Crippen molar-refractivity contribution in [2.45, 2.75) is 243 Å². The Morgan fingerprint density at radius 2 is 0.492 bits per heavy atom. The van der Waals surface area contributed by atoms with Crippen molar-refractivity contribution in [3.05, 3.63) is 127 Å². The third-order valence-electron chi connectivity index (χ3n) is 21.5. The predicted molar refractivity (Wildman–Crippen MR) is 507 cm³/mol. The lowest BCUT2D eigenvalue weighted by Gasteiger charge is -2.47. The van der Waals surface area contributed by atoms with Gasteiger partial charge in [0.1, 0.15) is 39.6 Å². The molecule has 26 heteroatoms. The van der Waals surface area contributed by atoms with E-state index in [-0.39, 0.29) is 121 Å². The molecular formula is C102H173NO25. The Hall–Kier alpha value is -7.98. The van der Waals surface area contributed by atoms with Gasteiger partial charge in [0, 0.05) is 130 Å². The predicted octanol–water partition coefficient (Wildman–Crippen LogP) is 18.9. The van der Waals surface area contributed by atoms with Crippen LogP contribution in [-0.2, 0) is 119 Å². The van der Waals surface area contributed by atoms with Crippen LogP contribution in [0.4, 0.5) is 0 Å². The Kier molecular flexibility index (Phi) is 63.1. The van der Waals surface area contributed by atoms with Crippen LogP contribution in [0.3, 0.4) is 0 Å². The molecule has 26 nitrogen and oxygen atoms in total. The van der Waals surface area contributed by atoms with Gasteiger partial charge in [-0.1, -0.05) is 232 Å². The summed E-state index contributed by atoms with van der Waals surface area (Å²) in [5.41, 5.74) is -3.87. The molecule has 0 aliphatic rings. The number of carbonyl (C=O) groups excluding carboxylic acids is 10. The molecule has 0 aromatic carbocycles. The zero-order valence-electron chi connectivity index (χ0n) is 83.8. The zero-order chi connectivity index (χ0) is 99.4. The summed E-state index contributed by atoms with van der Waals surface area (Å²) in [4.78, 5) is 116. The smallest absolute Gasteiger partial charge is 0.330 e. The number of carbonyl (C=O) groups is 10. The summed E-state index contributed by atoms with van der Waals surface area (Å²) in [6.07, 6.45) is 20.9. The van der Waals surface area contributed by atoms with Crippen LogP contribution in [0.5, 0.6) is 0 Å². The number of hydrogen-bond acceptors (Lipinski definition) is 25. The normalized spacial score (nSPS) is 12.7. The molecule has 0 rings (SSSR count). The Morgan fingerprint density at radius 3 is 0.766 bits per heavy atom. The molecule has 0 aromatic rings. The highest BCUT2D eigenvalue weighted by Crippen LogP contribution is 2.49. The Bertz CT molecular complexity index is 3120. The second kappa shape index (κ2) is 63.9. The van der Waals surface area contributed by atoms with Gasteiger partial charge in [-0.3, -0.25) is 9.59 Å². The molecule has 736 valence electrons. The van der Waals surface area contributed by atoms with Crippen molar-refractivity contribution < 1.29 is 119 Å². The van der Waals surface area contributed by atoms with Crippen molar-refractivity contribution in [3.63, 3.8) is 0 Å². The molecule has 128 heavy (non-hydrogen) atoms. The van der Waals surface area contributed by atoms with Gasteiger partial charge < -0.3 is 76.4 Å². The van der Waals surface area contributed by atoms with Crippen molar-refractivity contribution in [1.29, 1.82) is 0 Å². The number of unbranched alkanes of at least 4 members (excludes halogenated alkanes) is 1. The number of amides is 1. The minimum atomic E-state index is -0.979. The van der Waals surface area contributed by atoms with Gasteiger partial charge in [0.15, 0.2) is 5.78 Å². The van der Waals surface area contributed by atoms with Crippen LogP contribution < -0.4 is 5.32 Å². The van der Waals surface area contributed by atoms with E-state index >= 15 is 0 Å². The largest absolute Gasteiger partial charge is 0.462 e. The number of ether oxygens (including phenoxy) is 15. The van der Waals surface area contributed by atoms with Crippen molar-refractivity contribution in [3.8, 4) is 0 Å². The van der Waals surface area contributed by atoms with E-state index in [1.54, 1.807) is 0 Å². The van der Waals surface area contributed by atoms with E-state index in [1.165, 1.54) is 12.2 Å². The lowest BCUT2D eigenvalue weighted by Crippen LogP contribution is -2.50. The molecular weight excluding hydrogens is 1640 g/mol. The molecule has 1 atom stereocenters. The molecule has 0 aromatic heterocycles. The summed E-state index contributed by atoms with van der Waals surface area (Å²) in [5.74, 6) is -4.44. The van der Waals surface area contributed by atoms with Gasteiger partial charge in [-0.05, 0) is 113 Å². The number of hydrogen-bond donors (Lipinski definition) is 1. The topological polar surface area (TPSA) is 321 Å². The SMILES string of the molecule is C=CC(=O)CCCCOCC(COCCCNC(=O)C=C)(COCCCC(C)(C)C)C(C)(C)C.C=CC(=O)OCC(COC(=O)C=C)(CC(C)(C)C)C(C)(C)C.C=CC(=O)OCC(COCC(COC(=O)C=C)(COC(=O)C=C)C(C)(C)C)(COC(=O)C=C)CC(C)(C)C.C=CC(=O)OCCCOCC(COCCCOC(=O)C=C)(COCCCC(C)(C)C)C(C)(C)C. The van der Waals surface area contributed by atoms with E-state index in [0.29, 0.717) is 117 Å². The first-order valence-electron chi connectivity index (χ1n) is 44.5. The van der Waals surface area contributed by atoms with Crippen LogP contribution in [0.15, 0.2) is 127 Å². The van der Waals surface area contributed by atoms with Crippen molar-refractivity contribution >= 4 is 59.4 Å². The number of ketones is 1. The summed E-state index contributed by atoms with van der Waals surface area (Å²) in [5, 5.41) is 2.77. The van der Waals surface area contributed by atoms with E-state index in [9.17, 15) is 47.9 Å². The molecule has 0 spiro atoms. The highest BCUT2D eigenvalue weighted by molar-refractivity contribution is 5.89. The van der Waals surface area contributed by atoms with Crippen LogP contribution in [0.2, 0.25) is 0 Å². The fraction of sp³-hybridized carbons (Fsp3) is 0.706. The molecule has 1 unspecified atom stereocenters. The molecule has 0 aliphatic carbocycles. The second-order valence-corrected chi connectivity index (χ2v) is 41.5. The van der Waals surface area contributed by atoms with Crippen molar-refractivity contribution in [2.24, 2.45) is 70.4 Å². The van der Waals surface area contributed by atoms with Gasteiger partial charge in [-0.25, -0.2) is 38.4 Å². The maximum absolute atomic E-state index is 11.9. The van der Waals surface area contributed by atoms with Gasteiger partial charge in [0.2, 0.25) is 5.91 Å². The Balaban J connectivity index is -0.000000813. The summed E-state index contributed by atoms with van der Waals surface area (Å²) < 4.78 is 85.0. The average molecular weight is 1810 g/mol. The summed E-state index contributed by atoms with van der Waals surface area (Å²) in [7, 11) is 0. The minimum absolute atomic E-state index is 0.00174. The number of rotatable bonds is 63. The first-order valence-corrected chi connectivity index (χ1v) is 44.5. The molecule has 0 saturated heterocycles. The zero-order valence-corrected chi connectivity index (χ0v) is 83.8. The van der Waals surface area contributed by atoms with Crippen molar-refractivity contribution in [2.75, 3.05) is 152 Å².